The van der Waals surface area contributed by atoms with E-state index in [2.05, 4.69) is 15.2 Å². The molecule has 1 aromatic carbocycles. The molecule has 28 heavy (non-hydrogen) atoms. The fourth-order valence-electron chi connectivity index (χ4n) is 3.19. The fourth-order valence-corrected chi connectivity index (χ4v) is 3.19. The van der Waals surface area contributed by atoms with Crippen molar-refractivity contribution in [3.8, 4) is 11.4 Å². The van der Waals surface area contributed by atoms with Gasteiger partial charge in [-0.05, 0) is 42.3 Å². The Kier molecular flexibility index (Phi) is 4.57. The van der Waals surface area contributed by atoms with Gasteiger partial charge in [0.15, 0.2) is 5.65 Å². The summed E-state index contributed by atoms with van der Waals surface area (Å²) in [6.45, 7) is 1.87. The van der Waals surface area contributed by atoms with Crippen molar-refractivity contribution in [1.82, 2.24) is 19.6 Å². The maximum absolute atomic E-state index is 13.9. The number of nitrogen functional groups attached to an aromatic ring is 1. The molecular weight excluding hydrogens is 357 g/mol. The molecule has 140 valence electrons. The molecule has 0 radical (unpaired) electrons. The van der Waals surface area contributed by atoms with Gasteiger partial charge in [-0.2, -0.15) is 0 Å². The first-order valence-corrected chi connectivity index (χ1v) is 8.83. The van der Waals surface area contributed by atoms with Crippen LogP contribution in [0.3, 0.4) is 0 Å². The quantitative estimate of drug-likeness (QED) is 0.579. The highest BCUT2D eigenvalue weighted by molar-refractivity contribution is 5.83. The van der Waals surface area contributed by atoms with Crippen LogP contribution in [0.25, 0.3) is 17.0 Å². The number of hydrogen-bond acceptors (Lipinski definition) is 5. The van der Waals surface area contributed by atoms with Gasteiger partial charge < -0.3 is 5.73 Å². The molecule has 0 atom stereocenters. The molecule has 0 amide bonds. The molecule has 0 saturated carbocycles. The van der Waals surface area contributed by atoms with E-state index in [-0.39, 0.29) is 30.4 Å². The summed E-state index contributed by atoms with van der Waals surface area (Å²) in [7, 11) is 0. The third-order valence-corrected chi connectivity index (χ3v) is 4.53. The highest BCUT2D eigenvalue weighted by Gasteiger charge is 2.12. The van der Waals surface area contributed by atoms with Gasteiger partial charge in [-0.15, -0.1) is 10.2 Å². The second-order valence-electron chi connectivity index (χ2n) is 6.70. The molecule has 3 heterocycles. The second-order valence-corrected chi connectivity index (χ2v) is 6.70. The Morgan fingerprint density at radius 2 is 1.96 bits per heavy atom. The van der Waals surface area contributed by atoms with Gasteiger partial charge in [0.2, 0.25) is 5.95 Å². The number of halogens is 1. The van der Waals surface area contributed by atoms with Crippen LogP contribution in [0.5, 0.6) is 0 Å². The maximum atomic E-state index is 13.9. The second kappa shape index (κ2) is 7.19. The monoisotopic (exact) mass is 375 g/mol. The van der Waals surface area contributed by atoms with E-state index in [1.807, 2.05) is 37.3 Å². The van der Waals surface area contributed by atoms with Gasteiger partial charge in [-0.1, -0.05) is 29.8 Å². The van der Waals surface area contributed by atoms with Crippen LogP contribution in [-0.2, 0) is 17.6 Å². The Bertz CT molecular complexity index is 1170. The first-order valence-electron chi connectivity index (χ1n) is 8.83. The van der Waals surface area contributed by atoms with Crippen LogP contribution in [0.2, 0.25) is 0 Å². The van der Waals surface area contributed by atoms with E-state index in [9.17, 15) is 9.18 Å². The number of carbonyl (C=O) groups is 1. The van der Waals surface area contributed by atoms with E-state index < -0.39 is 0 Å². The lowest BCUT2D eigenvalue weighted by molar-refractivity contribution is -0.117. The van der Waals surface area contributed by atoms with Crippen molar-refractivity contribution in [2.75, 3.05) is 5.73 Å². The molecule has 0 unspecified atom stereocenters. The van der Waals surface area contributed by atoms with E-state index in [1.165, 1.54) is 6.07 Å². The summed E-state index contributed by atoms with van der Waals surface area (Å²) in [6, 6.07) is 14.0. The summed E-state index contributed by atoms with van der Waals surface area (Å²) in [4.78, 5) is 16.8. The molecular formula is C21H18FN5O. The molecule has 6 nitrogen and oxygen atoms in total. The van der Waals surface area contributed by atoms with Crippen LogP contribution in [0, 0.1) is 12.7 Å². The number of nitrogens with zero attached hydrogens (tertiary/aromatic N) is 4. The van der Waals surface area contributed by atoms with Gasteiger partial charge in [0.05, 0.1) is 11.4 Å². The topological polar surface area (TPSA) is 86.2 Å². The molecule has 0 aliphatic rings. The number of fused-ring (bicyclic) bond motifs is 1. The average molecular weight is 375 g/mol. The van der Waals surface area contributed by atoms with E-state index in [0.717, 1.165) is 16.8 Å². The molecule has 4 aromatic rings. The number of aryl methyl sites for hydroxylation is 1. The minimum Gasteiger partial charge on any atom is -0.368 e. The Morgan fingerprint density at radius 1 is 1.11 bits per heavy atom. The summed E-state index contributed by atoms with van der Waals surface area (Å²) in [5, 5.41) is 7.88. The van der Waals surface area contributed by atoms with Crippen molar-refractivity contribution in [2.45, 2.75) is 19.8 Å². The number of anilines is 1. The Hall–Kier alpha value is -3.61. The van der Waals surface area contributed by atoms with Crippen molar-refractivity contribution in [1.29, 1.82) is 0 Å². The van der Waals surface area contributed by atoms with Crippen LogP contribution in [0.1, 0.15) is 16.7 Å². The lowest BCUT2D eigenvalue weighted by atomic mass is 10.0. The summed E-state index contributed by atoms with van der Waals surface area (Å²) in [5.41, 5.74) is 10.1. The van der Waals surface area contributed by atoms with E-state index in [0.29, 0.717) is 16.9 Å². The molecule has 2 N–H and O–H groups in total. The highest BCUT2D eigenvalue weighted by Crippen LogP contribution is 2.21. The standard InChI is InChI=1S/C21H18FN5O/c1-13-5-7-17(22)15(9-13)11-16(28)10-14-6-8-18(24-12-14)19-3-2-4-20-25-26-21(23)27(19)20/h2-9,12H,10-11H2,1H3,(H2,23,26). The number of aromatic nitrogens is 4. The molecule has 0 aliphatic heterocycles. The fraction of sp³-hybridized carbons (Fsp3) is 0.143. The molecule has 3 aromatic heterocycles. The number of Topliss-reactive ketones (excluding diaryl/α,β-unsaturated/α-hetero) is 1. The number of ketones is 1. The zero-order valence-corrected chi connectivity index (χ0v) is 15.3. The van der Waals surface area contributed by atoms with E-state index >= 15 is 0 Å². The zero-order valence-electron chi connectivity index (χ0n) is 15.3. The molecule has 0 spiro atoms. The molecule has 0 fully saturated rings. The number of nitrogens with two attached hydrogens (primary N) is 1. The smallest absolute Gasteiger partial charge is 0.226 e. The van der Waals surface area contributed by atoms with Crippen molar-refractivity contribution >= 4 is 17.4 Å². The Labute approximate surface area is 160 Å². The summed E-state index contributed by atoms with van der Waals surface area (Å²) >= 11 is 0. The third kappa shape index (κ3) is 3.46. The number of benzene rings is 1. The van der Waals surface area contributed by atoms with Gasteiger partial charge in [0.25, 0.3) is 0 Å². The van der Waals surface area contributed by atoms with Gasteiger partial charge >= 0.3 is 0 Å². The first kappa shape index (κ1) is 17.8. The molecule has 0 aliphatic carbocycles. The number of carbonyl (C=O) groups excluding carboxylic acids is 1. The van der Waals surface area contributed by atoms with Crippen LogP contribution in [-0.4, -0.2) is 25.4 Å². The number of hydrogen-bond donors (Lipinski definition) is 1. The van der Waals surface area contributed by atoms with Gasteiger partial charge in [-0.25, -0.2) is 4.39 Å². The SMILES string of the molecule is Cc1ccc(F)c(CC(=O)Cc2ccc(-c3cccc4nnc(N)n34)nc2)c1. The normalized spacial score (nSPS) is 11.1. The van der Waals surface area contributed by atoms with Crippen molar-refractivity contribution < 1.29 is 9.18 Å². The summed E-state index contributed by atoms with van der Waals surface area (Å²) in [6.07, 6.45) is 1.91. The predicted octanol–water partition coefficient (Wildman–Crippen LogP) is 3.18. The van der Waals surface area contributed by atoms with Crippen molar-refractivity contribution in [3.63, 3.8) is 0 Å². The van der Waals surface area contributed by atoms with Crippen molar-refractivity contribution in [2.24, 2.45) is 0 Å². The third-order valence-electron chi connectivity index (χ3n) is 4.53. The zero-order chi connectivity index (χ0) is 19.7. The van der Waals surface area contributed by atoms with E-state index in [4.69, 9.17) is 5.73 Å². The summed E-state index contributed by atoms with van der Waals surface area (Å²) in [5.74, 6) is -0.136. The van der Waals surface area contributed by atoms with Crippen LogP contribution in [0.4, 0.5) is 10.3 Å². The van der Waals surface area contributed by atoms with Crippen LogP contribution < -0.4 is 5.73 Å². The first-order chi connectivity index (χ1) is 13.5. The summed E-state index contributed by atoms with van der Waals surface area (Å²) < 4.78 is 15.6. The maximum Gasteiger partial charge on any atom is 0.226 e. The van der Waals surface area contributed by atoms with Crippen LogP contribution in [0.15, 0.2) is 54.7 Å². The van der Waals surface area contributed by atoms with Gasteiger partial charge in [0.1, 0.15) is 11.6 Å². The minimum atomic E-state index is -0.355. The molecule has 7 heteroatoms. The lowest BCUT2D eigenvalue weighted by Crippen LogP contribution is -2.08. The molecule has 4 rings (SSSR count). The number of pyridine rings is 2. The van der Waals surface area contributed by atoms with Crippen molar-refractivity contribution in [3.05, 3.63) is 77.2 Å². The molecule has 0 bridgehead atoms. The minimum absolute atomic E-state index is 0.0613. The highest BCUT2D eigenvalue weighted by atomic mass is 19.1. The van der Waals surface area contributed by atoms with Crippen LogP contribution >= 0.6 is 0 Å². The number of rotatable bonds is 5. The predicted molar refractivity (Wildman–Crippen MR) is 104 cm³/mol. The molecule has 0 saturated heterocycles. The average Bonchev–Trinajstić information content (AvgIpc) is 3.07. The van der Waals surface area contributed by atoms with Gasteiger partial charge in [-0.3, -0.25) is 14.2 Å². The Morgan fingerprint density at radius 3 is 2.75 bits per heavy atom. The Balaban J connectivity index is 1.52. The van der Waals surface area contributed by atoms with Gasteiger partial charge in [0, 0.05) is 19.0 Å². The lowest BCUT2D eigenvalue weighted by Gasteiger charge is -2.07. The largest absolute Gasteiger partial charge is 0.368 e. The van der Waals surface area contributed by atoms with E-state index in [1.54, 1.807) is 22.7 Å².